The summed E-state index contributed by atoms with van der Waals surface area (Å²) in [6.07, 6.45) is 3.15. The molecular weight excluding hydrogens is 360 g/mol. The second-order valence-corrected chi connectivity index (χ2v) is 5.69. The minimum atomic E-state index is -0.902. The Bertz CT molecular complexity index is 737. The van der Waals surface area contributed by atoms with Crippen LogP contribution in [0, 0.1) is 0 Å². The van der Waals surface area contributed by atoms with Gasteiger partial charge in [0.1, 0.15) is 5.75 Å². The number of aliphatic carboxylic acids is 1. The van der Waals surface area contributed by atoms with Crippen LogP contribution >= 0.6 is 15.9 Å². The van der Waals surface area contributed by atoms with Crippen LogP contribution in [0.5, 0.6) is 5.75 Å². The molecule has 2 aromatic carbocycles. The second kappa shape index (κ2) is 8.29. The van der Waals surface area contributed by atoms with E-state index in [1.165, 1.54) is 6.08 Å². The van der Waals surface area contributed by atoms with Crippen LogP contribution in [-0.2, 0) is 4.79 Å². The molecule has 0 amide bonds. The van der Waals surface area contributed by atoms with Gasteiger partial charge in [-0.25, -0.2) is 0 Å². The summed E-state index contributed by atoms with van der Waals surface area (Å²) >= 11 is 3.34. The van der Waals surface area contributed by atoms with Crippen molar-refractivity contribution in [3.63, 3.8) is 0 Å². The molecule has 0 aliphatic rings. The van der Waals surface area contributed by atoms with Crippen molar-refractivity contribution in [2.75, 3.05) is 6.61 Å². The third-order valence-electron chi connectivity index (χ3n) is 2.98. The van der Waals surface area contributed by atoms with E-state index < -0.39 is 5.97 Å². The van der Waals surface area contributed by atoms with Gasteiger partial charge in [-0.2, -0.15) is 0 Å². The number of carbonyl (C=O) groups excluding carboxylic acids is 1. The highest BCUT2D eigenvalue weighted by Gasteiger charge is 2.02. The number of hydrogen-bond acceptors (Lipinski definition) is 3. The monoisotopic (exact) mass is 374 g/mol. The number of allylic oxidation sites excluding steroid dienone is 1. The maximum atomic E-state index is 12.1. The van der Waals surface area contributed by atoms with Crippen LogP contribution in [-0.4, -0.2) is 23.5 Å². The Labute approximate surface area is 142 Å². The van der Waals surface area contributed by atoms with E-state index in [1.54, 1.807) is 36.4 Å². The lowest BCUT2D eigenvalue weighted by atomic mass is 10.1. The highest BCUT2D eigenvalue weighted by atomic mass is 79.9. The predicted molar refractivity (Wildman–Crippen MR) is 91.7 cm³/mol. The van der Waals surface area contributed by atoms with E-state index in [0.29, 0.717) is 11.3 Å². The fourth-order valence-electron chi connectivity index (χ4n) is 1.87. The Morgan fingerprint density at radius 2 is 1.91 bits per heavy atom. The van der Waals surface area contributed by atoms with Crippen molar-refractivity contribution in [1.82, 2.24) is 0 Å². The van der Waals surface area contributed by atoms with Crippen LogP contribution in [0.3, 0.4) is 0 Å². The lowest BCUT2D eigenvalue weighted by Crippen LogP contribution is -2.04. The Balaban J connectivity index is 2.02. The van der Waals surface area contributed by atoms with Crippen LogP contribution in [0.1, 0.15) is 22.3 Å². The number of ether oxygens (including phenoxy) is 1. The normalized spacial score (nSPS) is 10.7. The molecule has 0 saturated carbocycles. The highest BCUT2D eigenvalue weighted by molar-refractivity contribution is 9.10. The van der Waals surface area contributed by atoms with Gasteiger partial charge in [0, 0.05) is 10.0 Å². The van der Waals surface area contributed by atoms with Gasteiger partial charge >= 0.3 is 5.97 Å². The van der Waals surface area contributed by atoms with Crippen LogP contribution in [0.4, 0.5) is 0 Å². The van der Waals surface area contributed by atoms with E-state index in [1.807, 2.05) is 18.2 Å². The van der Waals surface area contributed by atoms with Crippen molar-refractivity contribution in [2.45, 2.75) is 6.42 Å². The van der Waals surface area contributed by atoms with Crippen molar-refractivity contribution >= 4 is 33.8 Å². The molecule has 0 atom stereocenters. The number of hydrogen-bond donors (Lipinski definition) is 1. The summed E-state index contributed by atoms with van der Waals surface area (Å²) in [7, 11) is 0. The highest BCUT2D eigenvalue weighted by Crippen LogP contribution is 2.16. The van der Waals surface area contributed by atoms with Gasteiger partial charge < -0.3 is 9.84 Å². The average Bonchev–Trinajstić information content (AvgIpc) is 2.52. The number of halogens is 1. The zero-order valence-corrected chi connectivity index (χ0v) is 13.8. The first-order valence-electron chi connectivity index (χ1n) is 6.97. The van der Waals surface area contributed by atoms with Gasteiger partial charge in [0.15, 0.2) is 5.78 Å². The summed E-state index contributed by atoms with van der Waals surface area (Å²) in [5.74, 6) is -0.424. The van der Waals surface area contributed by atoms with Crippen LogP contribution < -0.4 is 4.74 Å². The van der Waals surface area contributed by atoms with Crippen molar-refractivity contribution in [2.24, 2.45) is 0 Å². The molecule has 0 fully saturated rings. The van der Waals surface area contributed by atoms with E-state index in [4.69, 9.17) is 9.84 Å². The van der Waals surface area contributed by atoms with E-state index in [9.17, 15) is 9.59 Å². The van der Waals surface area contributed by atoms with Gasteiger partial charge in [0.2, 0.25) is 0 Å². The number of carbonyl (C=O) groups is 2. The molecule has 0 aromatic heterocycles. The molecule has 0 unspecified atom stereocenters. The summed E-state index contributed by atoms with van der Waals surface area (Å²) in [5, 5.41) is 8.59. The largest absolute Gasteiger partial charge is 0.493 e. The number of carboxylic acid groups (broad SMARTS) is 1. The van der Waals surface area contributed by atoms with E-state index in [2.05, 4.69) is 15.9 Å². The number of rotatable bonds is 7. The molecule has 0 bridgehead atoms. The molecule has 1 N–H and O–H groups in total. The van der Waals surface area contributed by atoms with Gasteiger partial charge in [-0.15, -0.1) is 0 Å². The van der Waals surface area contributed by atoms with Crippen molar-refractivity contribution < 1.29 is 19.4 Å². The van der Waals surface area contributed by atoms with Gasteiger partial charge in [-0.1, -0.05) is 46.3 Å². The number of ketones is 1. The van der Waals surface area contributed by atoms with Crippen molar-refractivity contribution in [1.29, 1.82) is 0 Å². The number of carboxylic acids is 1. The first kappa shape index (κ1) is 17.0. The Kier molecular flexibility index (Phi) is 6.11. The molecule has 0 aliphatic heterocycles. The summed E-state index contributed by atoms with van der Waals surface area (Å²) < 4.78 is 6.21. The topological polar surface area (TPSA) is 63.6 Å². The SMILES string of the molecule is O=C(O)CCOc1cccc(/C=C/C(=O)c2cccc(Br)c2)c1. The molecule has 2 aromatic rings. The molecular formula is C18H15BrO4. The first-order chi connectivity index (χ1) is 11.0. The fraction of sp³-hybridized carbons (Fsp3) is 0.111. The van der Waals surface area contributed by atoms with Crippen LogP contribution in [0.15, 0.2) is 59.1 Å². The van der Waals surface area contributed by atoms with Crippen LogP contribution in [0.2, 0.25) is 0 Å². The molecule has 0 spiro atoms. The minimum Gasteiger partial charge on any atom is -0.493 e. The molecule has 118 valence electrons. The first-order valence-corrected chi connectivity index (χ1v) is 7.76. The third kappa shape index (κ3) is 5.71. The van der Waals surface area contributed by atoms with E-state index in [0.717, 1.165) is 10.0 Å². The summed E-state index contributed by atoms with van der Waals surface area (Å²) in [6, 6.07) is 14.3. The van der Waals surface area contributed by atoms with Gasteiger partial charge in [-0.05, 0) is 35.9 Å². The van der Waals surface area contributed by atoms with E-state index in [-0.39, 0.29) is 18.8 Å². The molecule has 0 radical (unpaired) electrons. The maximum absolute atomic E-state index is 12.1. The van der Waals surface area contributed by atoms with E-state index >= 15 is 0 Å². The summed E-state index contributed by atoms with van der Waals surface area (Å²) in [6.45, 7) is 0.111. The zero-order chi connectivity index (χ0) is 16.7. The molecule has 5 heteroatoms. The zero-order valence-electron chi connectivity index (χ0n) is 12.2. The predicted octanol–water partition coefficient (Wildman–Crippen LogP) is 4.20. The Morgan fingerprint density at radius 3 is 2.65 bits per heavy atom. The minimum absolute atomic E-state index is 0.0541. The van der Waals surface area contributed by atoms with Crippen molar-refractivity contribution in [3.8, 4) is 5.75 Å². The molecule has 0 heterocycles. The quantitative estimate of drug-likeness (QED) is 0.582. The summed E-state index contributed by atoms with van der Waals surface area (Å²) in [5.41, 5.74) is 1.41. The summed E-state index contributed by atoms with van der Waals surface area (Å²) in [4.78, 5) is 22.6. The second-order valence-electron chi connectivity index (χ2n) is 4.77. The van der Waals surface area contributed by atoms with Gasteiger partial charge in [0.05, 0.1) is 13.0 Å². The third-order valence-corrected chi connectivity index (χ3v) is 3.47. The molecule has 4 nitrogen and oxygen atoms in total. The van der Waals surface area contributed by atoms with Gasteiger partial charge in [-0.3, -0.25) is 9.59 Å². The molecule has 2 rings (SSSR count). The van der Waals surface area contributed by atoms with Crippen molar-refractivity contribution in [3.05, 3.63) is 70.2 Å². The average molecular weight is 375 g/mol. The Hall–Kier alpha value is -2.40. The lowest BCUT2D eigenvalue weighted by Gasteiger charge is -2.05. The maximum Gasteiger partial charge on any atom is 0.306 e. The van der Waals surface area contributed by atoms with Gasteiger partial charge in [0.25, 0.3) is 0 Å². The smallest absolute Gasteiger partial charge is 0.306 e. The lowest BCUT2D eigenvalue weighted by molar-refractivity contribution is -0.137. The Morgan fingerprint density at radius 1 is 1.13 bits per heavy atom. The molecule has 23 heavy (non-hydrogen) atoms. The standard InChI is InChI=1S/C18H15BrO4/c19-15-5-2-4-14(12-15)17(20)8-7-13-3-1-6-16(11-13)23-10-9-18(21)22/h1-8,11-12H,9-10H2,(H,21,22)/b8-7+. The molecule has 0 saturated heterocycles. The number of benzene rings is 2. The molecule has 0 aliphatic carbocycles. The fourth-order valence-corrected chi connectivity index (χ4v) is 2.27. The van der Waals surface area contributed by atoms with Crippen LogP contribution in [0.25, 0.3) is 6.08 Å².